The fraction of sp³-hybridized carbons (Fsp3) is 0.500. The summed E-state index contributed by atoms with van der Waals surface area (Å²) in [7, 11) is 0. The van der Waals surface area contributed by atoms with E-state index in [0.29, 0.717) is 12.8 Å². The third-order valence-corrected chi connectivity index (χ3v) is 4.41. The Morgan fingerprint density at radius 2 is 2.08 bits per heavy atom. The highest BCUT2D eigenvalue weighted by atomic mass is 16.6. The average Bonchev–Trinajstić information content (AvgIpc) is 2.58. The van der Waals surface area contributed by atoms with Gasteiger partial charge in [-0.05, 0) is 31.2 Å². The Morgan fingerprint density at radius 1 is 1.32 bits per heavy atom. The standard InChI is InChI=1S/C16H19N5O4/c1-11-4-2-5-12(6-3-9-17)16(11)19-18-14-8-7-13(20(22)23)10-15(14)21(24)25/h7-8,10-12,18H,2-6H2,1H3/b19-16-/t11-,12+/m1/s1. The van der Waals surface area contributed by atoms with Gasteiger partial charge >= 0.3 is 5.69 Å². The van der Waals surface area contributed by atoms with Crippen LogP contribution < -0.4 is 5.43 Å². The summed E-state index contributed by atoms with van der Waals surface area (Å²) >= 11 is 0. The van der Waals surface area contributed by atoms with Crippen molar-refractivity contribution in [2.24, 2.45) is 16.9 Å². The first-order chi connectivity index (χ1) is 11.9. The molecular weight excluding hydrogens is 326 g/mol. The lowest BCUT2D eigenvalue weighted by molar-refractivity contribution is -0.393. The van der Waals surface area contributed by atoms with Gasteiger partial charge in [0.05, 0.1) is 22.0 Å². The molecule has 132 valence electrons. The molecule has 0 aromatic heterocycles. The molecule has 2 rings (SSSR count). The number of nitro benzene ring substituents is 2. The number of hydrogen-bond donors (Lipinski definition) is 1. The fourth-order valence-corrected chi connectivity index (χ4v) is 3.11. The van der Waals surface area contributed by atoms with Crippen LogP contribution in [0.25, 0.3) is 0 Å². The summed E-state index contributed by atoms with van der Waals surface area (Å²) < 4.78 is 0. The summed E-state index contributed by atoms with van der Waals surface area (Å²) in [4.78, 5) is 20.6. The predicted molar refractivity (Wildman–Crippen MR) is 92.2 cm³/mol. The Hall–Kier alpha value is -3.02. The Bertz CT molecular complexity index is 741. The van der Waals surface area contributed by atoms with Crippen molar-refractivity contribution in [3.8, 4) is 6.07 Å². The first-order valence-electron chi connectivity index (χ1n) is 8.07. The van der Waals surface area contributed by atoms with Gasteiger partial charge in [0, 0.05) is 24.1 Å². The van der Waals surface area contributed by atoms with Crippen molar-refractivity contribution < 1.29 is 9.85 Å². The number of anilines is 1. The second-order valence-corrected chi connectivity index (χ2v) is 6.09. The molecule has 9 heteroatoms. The SMILES string of the molecule is C[C@@H]1CCC[C@@H](CCC#N)/C1=N\Nc1ccc([N+](=O)[O-])cc1[N+](=O)[O-]. The van der Waals surface area contributed by atoms with E-state index in [1.54, 1.807) is 0 Å². The Morgan fingerprint density at radius 3 is 2.72 bits per heavy atom. The summed E-state index contributed by atoms with van der Waals surface area (Å²) in [5.74, 6) is 0.398. The molecule has 1 N–H and O–H groups in total. The zero-order valence-electron chi connectivity index (χ0n) is 13.8. The van der Waals surface area contributed by atoms with Crippen molar-refractivity contribution >= 4 is 22.8 Å². The molecule has 1 aromatic rings. The second kappa shape index (κ2) is 8.19. The lowest BCUT2D eigenvalue weighted by Gasteiger charge is -2.28. The number of hydrogen-bond acceptors (Lipinski definition) is 7. The van der Waals surface area contributed by atoms with Crippen LogP contribution in [0.2, 0.25) is 0 Å². The van der Waals surface area contributed by atoms with E-state index in [4.69, 9.17) is 5.26 Å². The largest absolute Gasteiger partial charge is 0.301 e. The number of nitro groups is 2. The van der Waals surface area contributed by atoms with Gasteiger partial charge in [-0.25, -0.2) is 0 Å². The van der Waals surface area contributed by atoms with E-state index in [1.165, 1.54) is 12.1 Å². The van der Waals surface area contributed by atoms with Crippen LogP contribution in [0.3, 0.4) is 0 Å². The number of rotatable bonds is 6. The van der Waals surface area contributed by atoms with E-state index in [-0.39, 0.29) is 23.2 Å². The van der Waals surface area contributed by atoms with Gasteiger partial charge in [-0.1, -0.05) is 13.3 Å². The fourth-order valence-electron chi connectivity index (χ4n) is 3.11. The van der Waals surface area contributed by atoms with Gasteiger partial charge in [-0.3, -0.25) is 25.7 Å². The van der Waals surface area contributed by atoms with E-state index >= 15 is 0 Å². The number of benzene rings is 1. The van der Waals surface area contributed by atoms with Crippen molar-refractivity contribution in [3.05, 3.63) is 38.4 Å². The Kier molecular flexibility index (Phi) is 6.00. The van der Waals surface area contributed by atoms with Crippen LogP contribution in [0.4, 0.5) is 17.1 Å². The first-order valence-corrected chi connectivity index (χ1v) is 8.07. The van der Waals surface area contributed by atoms with Crippen molar-refractivity contribution in [1.29, 1.82) is 5.26 Å². The first kappa shape index (κ1) is 18.3. The van der Waals surface area contributed by atoms with Gasteiger partial charge < -0.3 is 0 Å². The summed E-state index contributed by atoms with van der Waals surface area (Å²) in [5.41, 5.74) is 2.98. The highest BCUT2D eigenvalue weighted by molar-refractivity contribution is 5.90. The van der Waals surface area contributed by atoms with E-state index in [0.717, 1.165) is 31.0 Å². The van der Waals surface area contributed by atoms with Crippen LogP contribution in [0.5, 0.6) is 0 Å². The summed E-state index contributed by atoms with van der Waals surface area (Å²) in [6.45, 7) is 2.04. The van der Waals surface area contributed by atoms with Crippen molar-refractivity contribution in [2.75, 3.05) is 5.43 Å². The van der Waals surface area contributed by atoms with Crippen LogP contribution in [-0.4, -0.2) is 15.6 Å². The van der Waals surface area contributed by atoms with Crippen molar-refractivity contribution in [2.45, 2.75) is 39.0 Å². The maximum absolute atomic E-state index is 11.2. The molecule has 0 spiro atoms. The number of nitrogens with zero attached hydrogens (tertiary/aromatic N) is 4. The summed E-state index contributed by atoms with van der Waals surface area (Å²) in [6, 6.07) is 5.54. The zero-order chi connectivity index (χ0) is 18.4. The molecular formula is C16H19N5O4. The number of nitrogens with one attached hydrogen (secondary N) is 1. The molecule has 1 aliphatic rings. The molecule has 9 nitrogen and oxygen atoms in total. The lowest BCUT2D eigenvalue weighted by Crippen LogP contribution is -2.27. The Balaban J connectivity index is 2.27. The lowest BCUT2D eigenvalue weighted by atomic mass is 9.78. The van der Waals surface area contributed by atoms with Gasteiger partial charge in [-0.2, -0.15) is 10.4 Å². The monoisotopic (exact) mass is 345 g/mol. The molecule has 2 atom stereocenters. The van der Waals surface area contributed by atoms with Crippen molar-refractivity contribution in [1.82, 2.24) is 0 Å². The van der Waals surface area contributed by atoms with Gasteiger partial charge in [0.15, 0.2) is 0 Å². The molecule has 0 bridgehead atoms. The quantitative estimate of drug-likeness (QED) is 0.611. The summed E-state index contributed by atoms with van der Waals surface area (Å²) in [6.07, 6.45) is 4.13. The molecule has 0 unspecified atom stereocenters. The van der Waals surface area contributed by atoms with Crippen LogP contribution >= 0.6 is 0 Å². The van der Waals surface area contributed by atoms with Crippen LogP contribution in [-0.2, 0) is 0 Å². The van der Waals surface area contributed by atoms with Crippen molar-refractivity contribution in [3.63, 3.8) is 0 Å². The van der Waals surface area contributed by atoms with E-state index < -0.39 is 15.5 Å². The van der Waals surface area contributed by atoms with Crippen LogP contribution in [0, 0.1) is 43.4 Å². The number of non-ortho nitro benzene ring substituents is 1. The molecule has 1 aliphatic carbocycles. The van der Waals surface area contributed by atoms with Gasteiger partial charge in [-0.15, -0.1) is 0 Å². The zero-order valence-corrected chi connectivity index (χ0v) is 13.8. The third kappa shape index (κ3) is 4.50. The molecule has 1 saturated carbocycles. The van der Waals surface area contributed by atoms with Gasteiger partial charge in [0.25, 0.3) is 5.69 Å². The Labute approximate surface area is 144 Å². The molecule has 0 amide bonds. The summed E-state index contributed by atoms with van der Waals surface area (Å²) in [5, 5.41) is 35.1. The smallest absolute Gasteiger partial charge is 0.272 e. The topological polar surface area (TPSA) is 134 Å². The normalized spacial score (nSPS) is 21.5. The van der Waals surface area contributed by atoms with Crippen LogP contribution in [0.1, 0.15) is 39.0 Å². The molecule has 25 heavy (non-hydrogen) atoms. The maximum Gasteiger partial charge on any atom is 0.301 e. The second-order valence-electron chi connectivity index (χ2n) is 6.09. The molecule has 1 fully saturated rings. The van der Waals surface area contributed by atoms with E-state index in [1.807, 2.05) is 6.92 Å². The predicted octanol–water partition coefficient (Wildman–Crippen LogP) is 4.01. The number of hydrazone groups is 1. The minimum atomic E-state index is -0.677. The maximum atomic E-state index is 11.2. The molecule has 0 aliphatic heterocycles. The molecule has 1 aromatic carbocycles. The van der Waals surface area contributed by atoms with E-state index in [9.17, 15) is 20.2 Å². The molecule has 0 radical (unpaired) electrons. The minimum Gasteiger partial charge on any atom is -0.272 e. The average molecular weight is 345 g/mol. The molecule has 0 heterocycles. The highest BCUT2D eigenvalue weighted by Gasteiger charge is 2.27. The minimum absolute atomic E-state index is 0.111. The highest BCUT2D eigenvalue weighted by Crippen LogP contribution is 2.32. The van der Waals surface area contributed by atoms with E-state index in [2.05, 4.69) is 16.6 Å². The molecule has 0 saturated heterocycles. The third-order valence-electron chi connectivity index (χ3n) is 4.41. The van der Waals surface area contributed by atoms with Crippen LogP contribution in [0.15, 0.2) is 23.3 Å². The number of nitriles is 1. The van der Waals surface area contributed by atoms with Gasteiger partial charge in [0.1, 0.15) is 5.69 Å². The van der Waals surface area contributed by atoms with Gasteiger partial charge in [0.2, 0.25) is 0 Å².